The highest BCUT2D eigenvalue weighted by Crippen LogP contribution is 2.31. The monoisotopic (exact) mass is 269 g/mol. The maximum atomic E-state index is 10.9. The summed E-state index contributed by atoms with van der Waals surface area (Å²) in [6.07, 6.45) is 0. The number of ether oxygens (including phenoxy) is 1. The van der Waals surface area contributed by atoms with Crippen molar-refractivity contribution in [1.82, 2.24) is 20.2 Å². The molecule has 0 radical (unpaired) electrons. The van der Waals surface area contributed by atoms with Crippen molar-refractivity contribution in [2.45, 2.75) is 13.8 Å². The first-order valence-electron chi connectivity index (χ1n) is 4.85. The van der Waals surface area contributed by atoms with Crippen molar-refractivity contribution >= 4 is 17.3 Å². The lowest BCUT2D eigenvalue weighted by molar-refractivity contribution is -0.386. The van der Waals surface area contributed by atoms with E-state index in [2.05, 4.69) is 20.2 Å². The van der Waals surface area contributed by atoms with Crippen molar-refractivity contribution in [3.63, 3.8) is 0 Å². The van der Waals surface area contributed by atoms with E-state index >= 15 is 0 Å². The lowest BCUT2D eigenvalue weighted by atomic mass is 10.4. The third kappa shape index (κ3) is 2.38. The third-order valence-corrected chi connectivity index (χ3v) is 2.23. The summed E-state index contributed by atoms with van der Waals surface area (Å²) in [5.41, 5.74) is 0.548. The number of nitrogens with one attached hydrogen (secondary N) is 1. The Kier molecular flexibility index (Phi) is 3.11. The number of hydrogen-bond donors (Lipinski definition) is 1. The Balaban J connectivity index is 2.45. The van der Waals surface area contributed by atoms with Crippen molar-refractivity contribution in [3.8, 4) is 11.8 Å². The Hall–Kier alpha value is -2.22. The summed E-state index contributed by atoms with van der Waals surface area (Å²) in [6.45, 7) is 3.22. The molecule has 0 unspecified atom stereocenters. The first kappa shape index (κ1) is 12.2. The van der Waals surface area contributed by atoms with Gasteiger partial charge in [-0.25, -0.2) is 4.98 Å². The zero-order valence-corrected chi connectivity index (χ0v) is 10.2. The maximum Gasteiger partial charge on any atom is 0.352 e. The molecule has 0 amide bonds. The Morgan fingerprint density at radius 1 is 1.44 bits per heavy atom. The maximum absolute atomic E-state index is 10.9. The summed E-state index contributed by atoms with van der Waals surface area (Å²) < 4.78 is 5.23. The number of nitro groups is 1. The van der Waals surface area contributed by atoms with Gasteiger partial charge in [0.2, 0.25) is 11.2 Å². The lowest BCUT2D eigenvalue weighted by Crippen LogP contribution is -2.01. The summed E-state index contributed by atoms with van der Waals surface area (Å²) in [5, 5.41) is 17.2. The van der Waals surface area contributed by atoms with E-state index in [-0.39, 0.29) is 28.4 Å². The molecule has 0 spiro atoms. The molecule has 0 aliphatic rings. The van der Waals surface area contributed by atoms with Crippen LogP contribution < -0.4 is 4.74 Å². The standard InChI is InChI=1S/C9H8ClN5O3/c1-4-3-6(14-13-4)18-8-7(15(16)17)5(2)11-9(10)12-8/h3H,1-2H3,(H,13,14). The van der Waals surface area contributed by atoms with Crippen LogP contribution in [0.15, 0.2) is 6.07 Å². The van der Waals surface area contributed by atoms with Crippen molar-refractivity contribution in [3.05, 3.63) is 32.9 Å². The molecule has 0 bridgehead atoms. The molecule has 9 heteroatoms. The second-order valence-corrected chi connectivity index (χ2v) is 3.82. The molecule has 0 atom stereocenters. The van der Waals surface area contributed by atoms with Gasteiger partial charge < -0.3 is 4.74 Å². The average Bonchev–Trinajstić information content (AvgIpc) is 2.62. The van der Waals surface area contributed by atoms with Crippen LogP contribution in [0.3, 0.4) is 0 Å². The smallest absolute Gasteiger partial charge is 0.352 e. The number of hydrogen-bond acceptors (Lipinski definition) is 6. The van der Waals surface area contributed by atoms with Gasteiger partial charge in [0.25, 0.3) is 0 Å². The number of rotatable bonds is 3. The molecule has 94 valence electrons. The topological polar surface area (TPSA) is 107 Å². The van der Waals surface area contributed by atoms with Gasteiger partial charge in [0.05, 0.1) is 4.92 Å². The SMILES string of the molecule is Cc1cc(Oc2nc(Cl)nc(C)c2[N+](=O)[O-])n[nH]1. The minimum absolute atomic E-state index is 0.125. The van der Waals surface area contributed by atoms with Crippen LogP contribution in [-0.2, 0) is 0 Å². The lowest BCUT2D eigenvalue weighted by Gasteiger charge is -2.03. The minimum Gasteiger partial charge on any atom is -0.413 e. The van der Waals surface area contributed by atoms with Crippen molar-refractivity contribution in [2.24, 2.45) is 0 Å². The number of aromatic amines is 1. The first-order chi connectivity index (χ1) is 8.47. The van der Waals surface area contributed by atoms with Crippen LogP contribution in [-0.4, -0.2) is 25.1 Å². The highest BCUT2D eigenvalue weighted by Gasteiger charge is 2.24. The second kappa shape index (κ2) is 4.57. The molecule has 8 nitrogen and oxygen atoms in total. The van der Waals surface area contributed by atoms with E-state index in [1.54, 1.807) is 13.0 Å². The van der Waals surface area contributed by atoms with Gasteiger partial charge in [0.1, 0.15) is 5.69 Å². The van der Waals surface area contributed by atoms with Crippen LogP contribution >= 0.6 is 11.6 Å². The molecule has 2 heterocycles. The number of nitrogens with zero attached hydrogens (tertiary/aromatic N) is 4. The van der Waals surface area contributed by atoms with Crippen LogP contribution in [0.4, 0.5) is 5.69 Å². The van der Waals surface area contributed by atoms with Crippen LogP contribution in [0.1, 0.15) is 11.4 Å². The molecule has 0 aliphatic carbocycles. The van der Waals surface area contributed by atoms with Gasteiger partial charge in [0, 0.05) is 11.8 Å². The number of aromatic nitrogens is 4. The van der Waals surface area contributed by atoms with E-state index in [9.17, 15) is 10.1 Å². The highest BCUT2D eigenvalue weighted by molar-refractivity contribution is 6.28. The van der Waals surface area contributed by atoms with Gasteiger partial charge in [-0.05, 0) is 25.4 Å². The van der Waals surface area contributed by atoms with E-state index in [4.69, 9.17) is 16.3 Å². The van der Waals surface area contributed by atoms with Crippen molar-refractivity contribution < 1.29 is 9.66 Å². The van der Waals surface area contributed by atoms with Gasteiger partial charge in [-0.2, -0.15) is 4.98 Å². The fraction of sp³-hybridized carbons (Fsp3) is 0.222. The minimum atomic E-state index is -0.624. The quantitative estimate of drug-likeness (QED) is 0.520. The van der Waals surface area contributed by atoms with Crippen LogP contribution in [0.5, 0.6) is 11.8 Å². The summed E-state index contributed by atoms with van der Waals surface area (Å²) in [4.78, 5) is 17.7. The molecule has 18 heavy (non-hydrogen) atoms. The number of halogens is 1. The predicted molar refractivity (Wildman–Crippen MR) is 61.8 cm³/mol. The molecule has 1 N–H and O–H groups in total. The Bertz CT molecular complexity index is 612. The summed E-state index contributed by atoms with van der Waals surface area (Å²) in [6, 6.07) is 1.58. The second-order valence-electron chi connectivity index (χ2n) is 3.48. The third-order valence-electron chi connectivity index (χ3n) is 2.07. The Labute approximate surface area is 106 Å². The fourth-order valence-corrected chi connectivity index (χ4v) is 1.54. The van der Waals surface area contributed by atoms with Crippen LogP contribution in [0.25, 0.3) is 0 Å². The summed E-state index contributed by atoms with van der Waals surface area (Å²) in [5.74, 6) is -0.0613. The molecule has 2 rings (SSSR count). The molecule has 0 saturated carbocycles. The van der Waals surface area contributed by atoms with Gasteiger partial charge in [0.15, 0.2) is 0 Å². The molecular weight excluding hydrogens is 262 g/mol. The normalized spacial score (nSPS) is 10.4. The van der Waals surface area contributed by atoms with Crippen molar-refractivity contribution in [1.29, 1.82) is 0 Å². The van der Waals surface area contributed by atoms with E-state index in [0.717, 1.165) is 5.69 Å². The van der Waals surface area contributed by atoms with Gasteiger partial charge in [-0.3, -0.25) is 15.2 Å². The fourth-order valence-electron chi connectivity index (χ4n) is 1.33. The predicted octanol–water partition coefficient (Wildman–Crippen LogP) is 2.17. The largest absolute Gasteiger partial charge is 0.413 e. The van der Waals surface area contributed by atoms with Gasteiger partial charge >= 0.3 is 11.6 Å². The Morgan fingerprint density at radius 3 is 2.72 bits per heavy atom. The summed E-state index contributed by atoms with van der Waals surface area (Å²) >= 11 is 5.65. The van der Waals surface area contributed by atoms with Crippen LogP contribution in [0.2, 0.25) is 5.28 Å². The van der Waals surface area contributed by atoms with E-state index in [1.807, 2.05) is 0 Å². The molecule has 2 aromatic rings. The Morgan fingerprint density at radius 2 is 2.17 bits per heavy atom. The average molecular weight is 270 g/mol. The number of aryl methyl sites for hydroxylation is 2. The molecule has 0 fully saturated rings. The molecule has 0 saturated heterocycles. The molecule has 0 aromatic carbocycles. The van der Waals surface area contributed by atoms with Gasteiger partial charge in [-0.15, -0.1) is 5.10 Å². The van der Waals surface area contributed by atoms with E-state index in [1.165, 1.54) is 6.92 Å². The zero-order valence-electron chi connectivity index (χ0n) is 9.47. The van der Waals surface area contributed by atoms with Gasteiger partial charge in [-0.1, -0.05) is 0 Å². The highest BCUT2D eigenvalue weighted by atomic mass is 35.5. The molecule has 2 aromatic heterocycles. The number of H-pyrrole nitrogens is 1. The summed E-state index contributed by atoms with van der Waals surface area (Å²) in [7, 11) is 0. The van der Waals surface area contributed by atoms with Crippen molar-refractivity contribution in [2.75, 3.05) is 0 Å². The first-order valence-corrected chi connectivity index (χ1v) is 5.23. The van der Waals surface area contributed by atoms with Crippen LogP contribution in [0, 0.1) is 24.0 Å². The van der Waals surface area contributed by atoms with E-state index < -0.39 is 4.92 Å². The molecule has 0 aliphatic heterocycles. The van der Waals surface area contributed by atoms with E-state index in [0.29, 0.717) is 0 Å². The zero-order chi connectivity index (χ0) is 13.3. The molecular formula is C9H8ClN5O3.